The molecule has 0 unspecified atom stereocenters. The van der Waals surface area contributed by atoms with Crippen molar-refractivity contribution >= 4 is 16.0 Å². The van der Waals surface area contributed by atoms with Crippen LogP contribution in [-0.2, 0) is 14.8 Å². The summed E-state index contributed by atoms with van der Waals surface area (Å²) in [7, 11) is -1.42. The SMILES string of the molecule is CC(C)N(C)CCNS(=O)(=O)CCCC(=O)O. The van der Waals surface area contributed by atoms with Crippen LogP contribution in [-0.4, -0.2) is 56.3 Å². The summed E-state index contributed by atoms with van der Waals surface area (Å²) in [4.78, 5) is 12.3. The highest BCUT2D eigenvalue weighted by atomic mass is 32.2. The molecule has 7 heteroatoms. The molecule has 0 heterocycles. The van der Waals surface area contributed by atoms with E-state index in [0.29, 0.717) is 19.1 Å². The van der Waals surface area contributed by atoms with Gasteiger partial charge in [-0.3, -0.25) is 4.79 Å². The average Bonchev–Trinajstić information content (AvgIpc) is 2.15. The third-order valence-electron chi connectivity index (χ3n) is 2.47. The van der Waals surface area contributed by atoms with Crippen LogP contribution in [0.2, 0.25) is 0 Å². The molecule has 0 aromatic heterocycles. The van der Waals surface area contributed by atoms with E-state index in [9.17, 15) is 13.2 Å². The van der Waals surface area contributed by atoms with Gasteiger partial charge in [-0.25, -0.2) is 13.1 Å². The number of rotatable bonds is 9. The van der Waals surface area contributed by atoms with Crippen molar-refractivity contribution in [2.45, 2.75) is 32.7 Å². The maximum atomic E-state index is 11.4. The minimum absolute atomic E-state index is 0.118. The number of likely N-dealkylation sites (N-methyl/N-ethyl adjacent to an activating group) is 1. The molecule has 0 amide bonds. The average molecular weight is 266 g/mol. The van der Waals surface area contributed by atoms with Gasteiger partial charge in [0.2, 0.25) is 10.0 Å². The Kier molecular flexibility index (Phi) is 7.33. The molecule has 0 aromatic rings. The molecule has 17 heavy (non-hydrogen) atoms. The number of carboxylic acids is 1. The summed E-state index contributed by atoms with van der Waals surface area (Å²) >= 11 is 0. The number of sulfonamides is 1. The van der Waals surface area contributed by atoms with Gasteiger partial charge in [0.25, 0.3) is 0 Å². The van der Waals surface area contributed by atoms with Crippen molar-refractivity contribution in [3.8, 4) is 0 Å². The summed E-state index contributed by atoms with van der Waals surface area (Å²) in [6.45, 7) is 5.04. The van der Waals surface area contributed by atoms with Gasteiger partial charge in [-0.05, 0) is 27.3 Å². The van der Waals surface area contributed by atoms with Crippen molar-refractivity contribution in [3.05, 3.63) is 0 Å². The third-order valence-corrected chi connectivity index (χ3v) is 3.94. The van der Waals surface area contributed by atoms with Crippen LogP contribution in [0.25, 0.3) is 0 Å². The van der Waals surface area contributed by atoms with Crippen LogP contribution in [0, 0.1) is 0 Å². The van der Waals surface area contributed by atoms with E-state index in [1.807, 2.05) is 25.8 Å². The molecule has 0 radical (unpaired) electrons. The summed E-state index contributed by atoms with van der Waals surface area (Å²) in [5, 5.41) is 8.40. The number of carbonyl (C=O) groups is 1. The number of nitrogens with one attached hydrogen (secondary N) is 1. The highest BCUT2D eigenvalue weighted by Crippen LogP contribution is 1.96. The van der Waals surface area contributed by atoms with Gasteiger partial charge in [0.15, 0.2) is 0 Å². The number of hydrogen-bond acceptors (Lipinski definition) is 4. The highest BCUT2D eigenvalue weighted by Gasteiger charge is 2.11. The smallest absolute Gasteiger partial charge is 0.303 e. The van der Waals surface area contributed by atoms with Gasteiger partial charge in [0.1, 0.15) is 0 Å². The van der Waals surface area contributed by atoms with E-state index in [2.05, 4.69) is 4.72 Å². The van der Waals surface area contributed by atoms with Crippen LogP contribution >= 0.6 is 0 Å². The Bertz CT molecular complexity index is 327. The molecular formula is C10H22N2O4S. The van der Waals surface area contributed by atoms with Crippen molar-refractivity contribution in [1.82, 2.24) is 9.62 Å². The number of carboxylic acid groups (broad SMARTS) is 1. The van der Waals surface area contributed by atoms with Crippen LogP contribution in [0.4, 0.5) is 0 Å². The molecule has 0 atom stereocenters. The number of nitrogens with zero attached hydrogens (tertiary/aromatic N) is 1. The van der Waals surface area contributed by atoms with E-state index in [0.717, 1.165) is 0 Å². The maximum Gasteiger partial charge on any atom is 0.303 e. The Morgan fingerprint density at radius 2 is 2.00 bits per heavy atom. The summed E-state index contributed by atoms with van der Waals surface area (Å²) < 4.78 is 25.3. The molecule has 0 aliphatic carbocycles. The Morgan fingerprint density at radius 1 is 1.41 bits per heavy atom. The minimum Gasteiger partial charge on any atom is -0.481 e. The van der Waals surface area contributed by atoms with Gasteiger partial charge < -0.3 is 10.0 Å². The zero-order valence-electron chi connectivity index (χ0n) is 10.6. The fourth-order valence-electron chi connectivity index (χ4n) is 1.12. The molecule has 102 valence electrons. The van der Waals surface area contributed by atoms with Crippen molar-refractivity contribution in [3.63, 3.8) is 0 Å². The van der Waals surface area contributed by atoms with E-state index in [1.54, 1.807) is 0 Å². The molecular weight excluding hydrogens is 244 g/mol. The van der Waals surface area contributed by atoms with E-state index < -0.39 is 16.0 Å². The molecule has 0 saturated heterocycles. The van der Waals surface area contributed by atoms with Crippen molar-refractivity contribution < 1.29 is 18.3 Å². The molecule has 6 nitrogen and oxygen atoms in total. The lowest BCUT2D eigenvalue weighted by molar-refractivity contribution is -0.137. The van der Waals surface area contributed by atoms with Gasteiger partial charge in [-0.15, -0.1) is 0 Å². The van der Waals surface area contributed by atoms with E-state index in [1.165, 1.54) is 0 Å². The monoisotopic (exact) mass is 266 g/mol. The van der Waals surface area contributed by atoms with E-state index in [4.69, 9.17) is 5.11 Å². The van der Waals surface area contributed by atoms with E-state index in [-0.39, 0.29) is 18.6 Å². The van der Waals surface area contributed by atoms with Gasteiger partial charge in [-0.2, -0.15) is 0 Å². The predicted octanol–water partition coefficient (Wildman–Crippen LogP) is 0.111. The second-order valence-electron chi connectivity index (χ2n) is 4.28. The molecule has 0 fully saturated rings. The number of hydrogen-bond donors (Lipinski definition) is 2. The lowest BCUT2D eigenvalue weighted by Gasteiger charge is -2.20. The lowest BCUT2D eigenvalue weighted by Crippen LogP contribution is -2.37. The van der Waals surface area contributed by atoms with Gasteiger partial charge in [0.05, 0.1) is 5.75 Å². The predicted molar refractivity (Wildman–Crippen MR) is 66.4 cm³/mol. The Labute approximate surface area is 103 Å². The molecule has 0 aliphatic heterocycles. The topological polar surface area (TPSA) is 86.7 Å². The summed E-state index contributed by atoms with van der Waals surface area (Å²) in [6.07, 6.45) is 0.0253. The zero-order chi connectivity index (χ0) is 13.5. The normalized spacial score (nSPS) is 12.3. The highest BCUT2D eigenvalue weighted by molar-refractivity contribution is 7.89. The summed E-state index contributed by atoms with van der Waals surface area (Å²) in [6, 6.07) is 0.367. The molecule has 0 saturated carbocycles. The first-order chi connectivity index (χ1) is 7.74. The first-order valence-electron chi connectivity index (χ1n) is 5.64. The first kappa shape index (κ1) is 16.3. The first-order valence-corrected chi connectivity index (χ1v) is 7.29. The fraction of sp³-hybridized carbons (Fsp3) is 0.900. The van der Waals surface area contributed by atoms with Gasteiger partial charge >= 0.3 is 5.97 Å². The standard InChI is InChI=1S/C10H22N2O4S/c1-9(2)12(3)7-6-11-17(15,16)8-4-5-10(13)14/h9,11H,4-8H2,1-3H3,(H,13,14). The second-order valence-corrected chi connectivity index (χ2v) is 6.21. The van der Waals surface area contributed by atoms with Crippen LogP contribution in [0.3, 0.4) is 0 Å². The quantitative estimate of drug-likeness (QED) is 0.618. The van der Waals surface area contributed by atoms with Crippen LogP contribution < -0.4 is 4.72 Å². The Morgan fingerprint density at radius 3 is 2.47 bits per heavy atom. The second kappa shape index (κ2) is 7.62. The van der Waals surface area contributed by atoms with Crippen LogP contribution in [0.5, 0.6) is 0 Å². The van der Waals surface area contributed by atoms with Crippen molar-refractivity contribution in [2.24, 2.45) is 0 Å². The largest absolute Gasteiger partial charge is 0.481 e. The van der Waals surface area contributed by atoms with Crippen molar-refractivity contribution in [2.75, 3.05) is 25.9 Å². The molecule has 2 N–H and O–H groups in total. The van der Waals surface area contributed by atoms with E-state index >= 15 is 0 Å². The molecule has 0 rings (SSSR count). The molecule has 0 spiro atoms. The zero-order valence-corrected chi connectivity index (χ0v) is 11.5. The van der Waals surface area contributed by atoms with Crippen LogP contribution in [0.15, 0.2) is 0 Å². The van der Waals surface area contributed by atoms with Gasteiger partial charge in [0, 0.05) is 25.6 Å². The Balaban J connectivity index is 3.82. The summed E-state index contributed by atoms with van der Waals surface area (Å²) in [5.41, 5.74) is 0. The molecule has 0 aliphatic rings. The lowest BCUT2D eigenvalue weighted by atomic mass is 10.3. The third kappa shape index (κ3) is 9.08. The van der Waals surface area contributed by atoms with Crippen molar-refractivity contribution in [1.29, 1.82) is 0 Å². The maximum absolute atomic E-state index is 11.4. The number of aliphatic carboxylic acids is 1. The minimum atomic E-state index is -3.34. The van der Waals surface area contributed by atoms with Gasteiger partial charge in [-0.1, -0.05) is 0 Å². The van der Waals surface area contributed by atoms with Crippen LogP contribution in [0.1, 0.15) is 26.7 Å². The summed E-state index contributed by atoms with van der Waals surface area (Å²) in [5.74, 6) is -1.11. The molecule has 0 bridgehead atoms. The fourth-order valence-corrected chi connectivity index (χ4v) is 2.19. The Hall–Kier alpha value is -0.660. The molecule has 0 aromatic carbocycles.